The molecule has 1 aromatic heterocycles. The number of carbonyl (C=O) groups is 1. The first-order valence-electron chi connectivity index (χ1n) is 11.6. The van der Waals surface area contributed by atoms with Crippen molar-refractivity contribution in [1.82, 2.24) is 9.97 Å². The summed E-state index contributed by atoms with van der Waals surface area (Å²) < 4.78 is 29.1. The fraction of sp³-hybridized carbons (Fsp3) is 0.179. The van der Waals surface area contributed by atoms with Gasteiger partial charge in [-0.3, -0.25) is 4.79 Å². The van der Waals surface area contributed by atoms with Gasteiger partial charge in [0.1, 0.15) is 11.4 Å². The Morgan fingerprint density at radius 1 is 0.889 bits per heavy atom. The van der Waals surface area contributed by atoms with Crippen molar-refractivity contribution >= 4 is 27.8 Å². The Kier molecular flexibility index (Phi) is 6.28. The largest absolute Gasteiger partial charge is 0.456 e. The van der Waals surface area contributed by atoms with E-state index in [9.17, 15) is 13.2 Å². The van der Waals surface area contributed by atoms with Gasteiger partial charge in [0.25, 0.3) is 6.47 Å². The summed E-state index contributed by atoms with van der Waals surface area (Å²) in [5, 5.41) is 3.35. The van der Waals surface area contributed by atoms with E-state index in [4.69, 9.17) is 14.7 Å². The lowest BCUT2D eigenvalue weighted by Crippen LogP contribution is -2.36. The van der Waals surface area contributed by atoms with Gasteiger partial charge in [-0.1, -0.05) is 42.5 Å². The van der Waals surface area contributed by atoms with Gasteiger partial charge < -0.3 is 10.1 Å². The number of sulfone groups is 1. The molecule has 0 aliphatic heterocycles. The molecular formula is C28H25N3O4S. The molecule has 1 aliphatic rings. The van der Waals surface area contributed by atoms with E-state index in [-0.39, 0.29) is 4.90 Å². The predicted octanol–water partition coefficient (Wildman–Crippen LogP) is 5.51. The fourth-order valence-corrected chi connectivity index (χ4v) is 4.95. The van der Waals surface area contributed by atoms with Crippen molar-refractivity contribution in [1.29, 1.82) is 0 Å². The Labute approximate surface area is 210 Å². The number of hydrogen-bond acceptors (Lipinski definition) is 7. The number of benzene rings is 3. The molecule has 5 rings (SSSR count). The lowest BCUT2D eigenvalue weighted by atomic mass is 9.75. The van der Waals surface area contributed by atoms with Crippen molar-refractivity contribution in [3.05, 3.63) is 90.5 Å². The van der Waals surface area contributed by atoms with E-state index in [0.717, 1.165) is 41.8 Å². The summed E-state index contributed by atoms with van der Waals surface area (Å²) in [4.78, 5) is 20.7. The van der Waals surface area contributed by atoms with Crippen LogP contribution in [0.25, 0.3) is 22.6 Å². The topological polar surface area (TPSA) is 98.3 Å². The van der Waals surface area contributed by atoms with Crippen LogP contribution in [0.1, 0.15) is 24.8 Å². The van der Waals surface area contributed by atoms with Crippen LogP contribution in [0, 0.1) is 0 Å². The van der Waals surface area contributed by atoms with Gasteiger partial charge >= 0.3 is 0 Å². The monoisotopic (exact) mass is 499 g/mol. The van der Waals surface area contributed by atoms with Gasteiger partial charge in [-0.15, -0.1) is 0 Å². The normalized spacial score (nSPS) is 14.5. The Hall–Kier alpha value is -4.04. The SMILES string of the molecule is CS(=O)(=O)c1ccc(-c2nc(Nc3ccc(C4(OC=O)CCC4)cc3)cc(-c3ccccc3)n2)cc1. The first-order valence-corrected chi connectivity index (χ1v) is 13.5. The second kappa shape index (κ2) is 9.54. The number of rotatable bonds is 8. The minimum atomic E-state index is -3.30. The molecule has 7 nitrogen and oxygen atoms in total. The lowest BCUT2D eigenvalue weighted by Gasteiger charge is -2.40. The lowest BCUT2D eigenvalue weighted by molar-refractivity contribution is -0.155. The van der Waals surface area contributed by atoms with Crippen molar-refractivity contribution in [2.45, 2.75) is 29.8 Å². The zero-order valence-corrected chi connectivity index (χ0v) is 20.5. The summed E-state index contributed by atoms with van der Waals surface area (Å²) in [5.74, 6) is 1.07. The highest BCUT2D eigenvalue weighted by Crippen LogP contribution is 2.44. The summed E-state index contributed by atoms with van der Waals surface area (Å²) in [5.41, 5.74) is 3.67. The maximum atomic E-state index is 11.9. The fourth-order valence-electron chi connectivity index (χ4n) is 4.32. The van der Waals surface area contributed by atoms with Crippen molar-refractivity contribution in [2.24, 2.45) is 0 Å². The maximum Gasteiger partial charge on any atom is 0.293 e. The van der Waals surface area contributed by atoms with Gasteiger partial charge in [0.05, 0.1) is 10.6 Å². The number of hydrogen-bond donors (Lipinski definition) is 1. The molecule has 1 saturated carbocycles. The summed E-state index contributed by atoms with van der Waals surface area (Å²) in [6.45, 7) is 0.529. The van der Waals surface area contributed by atoms with Gasteiger partial charge in [-0.25, -0.2) is 18.4 Å². The van der Waals surface area contributed by atoms with Crippen LogP contribution in [-0.2, 0) is 25.0 Å². The number of carbonyl (C=O) groups excluding carboxylic acids is 1. The highest BCUT2D eigenvalue weighted by Gasteiger charge is 2.40. The Bertz CT molecular complexity index is 1480. The molecule has 36 heavy (non-hydrogen) atoms. The van der Waals surface area contributed by atoms with E-state index >= 15 is 0 Å². The van der Waals surface area contributed by atoms with Crippen molar-refractivity contribution in [2.75, 3.05) is 11.6 Å². The van der Waals surface area contributed by atoms with E-state index < -0.39 is 15.4 Å². The average molecular weight is 500 g/mol. The summed E-state index contributed by atoms with van der Waals surface area (Å²) in [6, 6.07) is 26.0. The number of aromatic nitrogens is 2. The predicted molar refractivity (Wildman–Crippen MR) is 138 cm³/mol. The zero-order chi connectivity index (χ0) is 25.2. The second-order valence-electron chi connectivity index (χ2n) is 8.89. The zero-order valence-electron chi connectivity index (χ0n) is 19.7. The van der Waals surface area contributed by atoms with Crippen LogP contribution < -0.4 is 5.32 Å². The minimum absolute atomic E-state index is 0.242. The average Bonchev–Trinajstić information content (AvgIpc) is 2.87. The molecule has 182 valence electrons. The van der Waals surface area contributed by atoms with Crippen molar-refractivity contribution in [3.63, 3.8) is 0 Å². The van der Waals surface area contributed by atoms with Gasteiger partial charge in [-0.05, 0) is 61.2 Å². The molecule has 0 saturated heterocycles. The number of nitrogens with zero attached hydrogens (tertiary/aromatic N) is 2. The quantitative estimate of drug-likeness (QED) is 0.319. The first-order chi connectivity index (χ1) is 17.4. The van der Waals surface area contributed by atoms with Crippen LogP contribution in [-0.4, -0.2) is 31.1 Å². The van der Waals surface area contributed by atoms with E-state index in [2.05, 4.69) is 5.32 Å². The number of anilines is 2. The van der Waals surface area contributed by atoms with E-state index in [0.29, 0.717) is 23.7 Å². The standard InChI is InChI=1S/C28H25N3O4S/c1-36(33,34)24-14-8-21(9-15-24)27-30-25(20-6-3-2-4-7-20)18-26(31-27)29-23-12-10-22(11-13-23)28(35-19-32)16-5-17-28/h2-4,6-15,18-19H,5,16-17H2,1H3,(H,29,30,31). The minimum Gasteiger partial charge on any atom is -0.456 e. The summed E-state index contributed by atoms with van der Waals surface area (Å²) in [6.07, 6.45) is 3.86. The van der Waals surface area contributed by atoms with Crippen LogP contribution in [0.15, 0.2) is 89.8 Å². The first kappa shape index (κ1) is 23.7. The second-order valence-corrected chi connectivity index (χ2v) is 10.9. The molecule has 0 unspecified atom stereocenters. The molecule has 3 aromatic carbocycles. The Morgan fingerprint density at radius 2 is 1.58 bits per heavy atom. The van der Waals surface area contributed by atoms with Crippen LogP contribution in [0.4, 0.5) is 11.5 Å². The number of nitrogens with one attached hydrogen (secondary N) is 1. The highest BCUT2D eigenvalue weighted by atomic mass is 32.2. The summed E-state index contributed by atoms with van der Waals surface area (Å²) in [7, 11) is -3.30. The van der Waals surface area contributed by atoms with Crippen molar-refractivity contribution < 1.29 is 17.9 Å². The van der Waals surface area contributed by atoms with E-state index in [1.165, 1.54) is 6.26 Å². The van der Waals surface area contributed by atoms with E-state index in [1.54, 1.807) is 24.3 Å². The molecule has 0 amide bonds. The van der Waals surface area contributed by atoms with Gasteiger partial charge in [-0.2, -0.15) is 0 Å². The van der Waals surface area contributed by atoms with E-state index in [1.807, 2.05) is 60.7 Å². The van der Waals surface area contributed by atoms with Crippen LogP contribution in [0.5, 0.6) is 0 Å². The maximum absolute atomic E-state index is 11.9. The van der Waals surface area contributed by atoms with Gasteiger partial charge in [0.2, 0.25) is 0 Å². The highest BCUT2D eigenvalue weighted by molar-refractivity contribution is 7.90. The molecule has 1 fully saturated rings. The smallest absolute Gasteiger partial charge is 0.293 e. The molecule has 0 bridgehead atoms. The molecule has 0 radical (unpaired) electrons. The van der Waals surface area contributed by atoms with Gasteiger partial charge in [0.15, 0.2) is 15.7 Å². The van der Waals surface area contributed by atoms with Gasteiger partial charge in [0, 0.05) is 29.1 Å². The van der Waals surface area contributed by atoms with Crippen LogP contribution in [0.2, 0.25) is 0 Å². The third kappa shape index (κ3) is 4.85. The molecule has 0 spiro atoms. The molecule has 8 heteroatoms. The van der Waals surface area contributed by atoms with Crippen LogP contribution in [0.3, 0.4) is 0 Å². The molecule has 4 aromatic rings. The molecular weight excluding hydrogens is 474 g/mol. The number of ether oxygens (including phenoxy) is 1. The molecule has 1 aliphatic carbocycles. The van der Waals surface area contributed by atoms with Crippen LogP contribution >= 0.6 is 0 Å². The Balaban J connectivity index is 1.48. The molecule has 1 N–H and O–H groups in total. The molecule has 0 atom stereocenters. The third-order valence-electron chi connectivity index (χ3n) is 6.45. The summed E-state index contributed by atoms with van der Waals surface area (Å²) >= 11 is 0. The third-order valence-corrected chi connectivity index (χ3v) is 7.58. The Morgan fingerprint density at radius 3 is 2.17 bits per heavy atom. The van der Waals surface area contributed by atoms with Crippen molar-refractivity contribution in [3.8, 4) is 22.6 Å². The molecule has 1 heterocycles.